The van der Waals surface area contributed by atoms with E-state index in [-0.39, 0.29) is 35.6 Å². The molecule has 1 aromatic carbocycles. The molecule has 1 aromatic heterocycles. The Morgan fingerprint density at radius 1 is 1.28 bits per heavy atom. The molecule has 0 bridgehead atoms. The second-order valence-corrected chi connectivity index (χ2v) is 5.66. The van der Waals surface area contributed by atoms with Crippen LogP contribution in [-0.4, -0.2) is 34.2 Å². The highest BCUT2D eigenvalue weighted by atomic mass is 19.2. The molecule has 2 N–H and O–H groups in total. The second kappa shape index (κ2) is 6.00. The van der Waals surface area contributed by atoms with E-state index in [2.05, 4.69) is 4.98 Å². The zero-order valence-electron chi connectivity index (χ0n) is 13.0. The number of H-pyrrole nitrogens is 1. The van der Waals surface area contributed by atoms with Crippen molar-refractivity contribution in [1.82, 2.24) is 9.55 Å². The number of carbonyl (C=O) groups is 1. The molecule has 0 saturated heterocycles. The van der Waals surface area contributed by atoms with Gasteiger partial charge in [0.2, 0.25) is 0 Å². The van der Waals surface area contributed by atoms with Gasteiger partial charge >= 0.3 is 11.7 Å². The molecule has 9 heteroatoms. The maximum absolute atomic E-state index is 13.3. The Kier molecular flexibility index (Phi) is 3.99. The number of rotatable bonds is 3. The van der Waals surface area contributed by atoms with E-state index in [1.54, 1.807) is 7.05 Å². The van der Waals surface area contributed by atoms with Gasteiger partial charge < -0.3 is 10.0 Å². The molecule has 1 aliphatic heterocycles. The van der Waals surface area contributed by atoms with Crippen molar-refractivity contribution in [3.8, 4) is 0 Å². The number of halogens is 2. The SMILES string of the molecule is CN1CC(C(=O)O)=Cc2c1[nH]c(=O)n(Cc1ccc(F)c(F)c1)c2=O. The maximum Gasteiger partial charge on any atom is 0.333 e. The van der Waals surface area contributed by atoms with Crippen LogP contribution in [0.4, 0.5) is 14.6 Å². The minimum absolute atomic E-state index is 0.00137. The first kappa shape index (κ1) is 16.6. The molecule has 0 radical (unpaired) electrons. The molecule has 7 nitrogen and oxygen atoms in total. The lowest BCUT2D eigenvalue weighted by molar-refractivity contribution is -0.132. The lowest BCUT2D eigenvalue weighted by Gasteiger charge is -2.25. The molecule has 2 heterocycles. The standard InChI is InChI=1S/C16H13F2N3O4/c1-20-7-9(15(23)24)5-10-13(20)19-16(25)21(14(10)22)6-8-2-3-11(17)12(18)4-8/h2-5H,6-7H2,1H3,(H,19,25)(H,23,24). The van der Waals surface area contributed by atoms with Gasteiger partial charge in [0.25, 0.3) is 5.56 Å². The summed E-state index contributed by atoms with van der Waals surface area (Å²) in [7, 11) is 1.55. The Hall–Kier alpha value is -3.23. The molecule has 0 fully saturated rings. The number of nitrogens with one attached hydrogen (secondary N) is 1. The summed E-state index contributed by atoms with van der Waals surface area (Å²) in [6, 6.07) is 3.05. The predicted molar refractivity (Wildman–Crippen MR) is 85.7 cm³/mol. The van der Waals surface area contributed by atoms with Crippen molar-refractivity contribution in [2.45, 2.75) is 6.54 Å². The van der Waals surface area contributed by atoms with Gasteiger partial charge in [0.05, 0.1) is 24.2 Å². The van der Waals surface area contributed by atoms with Crippen molar-refractivity contribution >= 4 is 17.9 Å². The van der Waals surface area contributed by atoms with Gasteiger partial charge in [-0.2, -0.15) is 0 Å². The van der Waals surface area contributed by atoms with Crippen molar-refractivity contribution in [1.29, 1.82) is 0 Å². The fourth-order valence-electron chi connectivity index (χ4n) is 2.65. The number of aromatic amines is 1. The topological polar surface area (TPSA) is 95.4 Å². The van der Waals surface area contributed by atoms with E-state index in [9.17, 15) is 23.2 Å². The molecule has 0 unspecified atom stereocenters. The number of hydrogen-bond acceptors (Lipinski definition) is 4. The van der Waals surface area contributed by atoms with Crippen molar-refractivity contribution in [3.05, 3.63) is 67.4 Å². The van der Waals surface area contributed by atoms with Crippen LogP contribution < -0.4 is 16.1 Å². The third kappa shape index (κ3) is 2.95. The van der Waals surface area contributed by atoms with Crippen LogP contribution in [0.3, 0.4) is 0 Å². The largest absolute Gasteiger partial charge is 0.478 e. The van der Waals surface area contributed by atoms with E-state index in [0.29, 0.717) is 0 Å². The lowest BCUT2D eigenvalue weighted by Crippen LogP contribution is -2.41. The molecule has 0 aliphatic carbocycles. The first-order valence-corrected chi connectivity index (χ1v) is 7.24. The quantitative estimate of drug-likeness (QED) is 0.854. The van der Waals surface area contributed by atoms with Crippen molar-refractivity contribution in [2.24, 2.45) is 0 Å². The van der Waals surface area contributed by atoms with Crippen molar-refractivity contribution < 1.29 is 18.7 Å². The third-order valence-electron chi connectivity index (χ3n) is 3.91. The zero-order valence-corrected chi connectivity index (χ0v) is 13.0. The predicted octanol–water partition coefficient (Wildman–Crippen LogP) is 0.781. The summed E-state index contributed by atoms with van der Waals surface area (Å²) >= 11 is 0. The van der Waals surface area contributed by atoms with Gasteiger partial charge in [-0.05, 0) is 23.8 Å². The minimum atomic E-state index is -1.17. The molecule has 1 aliphatic rings. The number of fused-ring (bicyclic) bond motifs is 1. The number of hydrogen-bond donors (Lipinski definition) is 2. The van der Waals surface area contributed by atoms with Crippen LogP contribution in [-0.2, 0) is 11.3 Å². The molecular formula is C16H13F2N3O4. The van der Waals surface area contributed by atoms with E-state index in [1.807, 2.05) is 0 Å². The molecule has 25 heavy (non-hydrogen) atoms. The van der Waals surface area contributed by atoms with Gasteiger partial charge in [0.15, 0.2) is 11.6 Å². The maximum atomic E-state index is 13.3. The molecule has 0 spiro atoms. The molecule has 0 atom stereocenters. The smallest absolute Gasteiger partial charge is 0.333 e. The summed E-state index contributed by atoms with van der Waals surface area (Å²) in [6.45, 7) is -0.247. The Morgan fingerprint density at radius 3 is 2.64 bits per heavy atom. The number of aromatic nitrogens is 2. The van der Waals surface area contributed by atoms with Crippen molar-refractivity contribution in [2.75, 3.05) is 18.5 Å². The first-order valence-electron chi connectivity index (χ1n) is 7.24. The number of benzene rings is 1. The summed E-state index contributed by atoms with van der Waals surface area (Å²) in [5.41, 5.74) is -1.20. The molecule has 130 valence electrons. The lowest BCUT2D eigenvalue weighted by atomic mass is 10.1. The fourth-order valence-corrected chi connectivity index (χ4v) is 2.65. The van der Waals surface area contributed by atoms with Crippen LogP contribution >= 0.6 is 0 Å². The van der Waals surface area contributed by atoms with Crippen molar-refractivity contribution in [3.63, 3.8) is 0 Å². The number of anilines is 1. The minimum Gasteiger partial charge on any atom is -0.478 e. The Labute approximate surface area is 139 Å². The summed E-state index contributed by atoms with van der Waals surface area (Å²) in [5.74, 6) is -3.09. The highest BCUT2D eigenvalue weighted by Gasteiger charge is 2.24. The highest BCUT2D eigenvalue weighted by molar-refractivity contribution is 5.95. The highest BCUT2D eigenvalue weighted by Crippen LogP contribution is 2.21. The van der Waals surface area contributed by atoms with Crippen LogP contribution in [0.5, 0.6) is 0 Å². The summed E-state index contributed by atoms with van der Waals surface area (Å²) < 4.78 is 27.1. The van der Waals surface area contributed by atoms with Gasteiger partial charge in [-0.25, -0.2) is 18.4 Å². The number of likely N-dealkylation sites (N-methyl/N-ethyl adjacent to an activating group) is 1. The van der Waals surface area contributed by atoms with Crippen LogP contribution in [0, 0.1) is 11.6 Å². The summed E-state index contributed by atoms with van der Waals surface area (Å²) in [5, 5.41) is 9.14. The second-order valence-electron chi connectivity index (χ2n) is 5.66. The third-order valence-corrected chi connectivity index (χ3v) is 3.91. The average Bonchev–Trinajstić information content (AvgIpc) is 2.55. The van der Waals surface area contributed by atoms with Gasteiger partial charge in [-0.1, -0.05) is 6.07 Å². The van der Waals surface area contributed by atoms with Gasteiger partial charge in [0, 0.05) is 7.05 Å². The van der Waals surface area contributed by atoms with Crippen LogP contribution in [0.25, 0.3) is 6.08 Å². The van der Waals surface area contributed by atoms with E-state index < -0.39 is 28.9 Å². The molecule has 0 amide bonds. The molecule has 3 rings (SSSR count). The zero-order chi connectivity index (χ0) is 18.3. The Balaban J connectivity index is 2.13. The van der Waals surface area contributed by atoms with Gasteiger partial charge in [0.1, 0.15) is 5.82 Å². The number of nitrogens with zero attached hydrogens (tertiary/aromatic N) is 2. The fraction of sp³-hybridized carbons (Fsp3) is 0.188. The van der Waals surface area contributed by atoms with Crippen LogP contribution in [0.1, 0.15) is 11.1 Å². The van der Waals surface area contributed by atoms with E-state index in [4.69, 9.17) is 5.11 Å². The Morgan fingerprint density at radius 2 is 2.00 bits per heavy atom. The average molecular weight is 349 g/mol. The number of carboxylic acids is 1. The van der Waals surface area contributed by atoms with Crippen LogP contribution in [0.15, 0.2) is 33.4 Å². The summed E-state index contributed by atoms with van der Waals surface area (Å²) in [4.78, 5) is 40.0. The number of aliphatic carboxylic acids is 1. The van der Waals surface area contributed by atoms with Crippen LogP contribution in [0.2, 0.25) is 0 Å². The van der Waals surface area contributed by atoms with E-state index in [1.165, 1.54) is 17.0 Å². The molecular weight excluding hydrogens is 336 g/mol. The summed E-state index contributed by atoms with van der Waals surface area (Å²) in [6.07, 6.45) is 1.21. The first-order chi connectivity index (χ1) is 11.8. The van der Waals surface area contributed by atoms with Gasteiger partial charge in [-0.3, -0.25) is 14.3 Å². The monoisotopic (exact) mass is 349 g/mol. The molecule has 2 aromatic rings. The van der Waals surface area contributed by atoms with Gasteiger partial charge in [-0.15, -0.1) is 0 Å². The number of carboxylic acid groups (broad SMARTS) is 1. The van der Waals surface area contributed by atoms with E-state index >= 15 is 0 Å². The normalized spacial score (nSPS) is 13.4. The molecule has 0 saturated carbocycles. The van der Waals surface area contributed by atoms with E-state index in [0.717, 1.165) is 16.7 Å². The Bertz CT molecular complexity index is 1020.